The number of aromatic nitrogens is 3. The Hall–Kier alpha value is -1.82. The van der Waals surface area contributed by atoms with E-state index in [1.165, 1.54) is 0 Å². The van der Waals surface area contributed by atoms with Crippen molar-refractivity contribution in [2.75, 3.05) is 14.2 Å². The number of hydrogen-bond donors (Lipinski definition) is 1. The van der Waals surface area contributed by atoms with Crippen molar-refractivity contribution in [1.29, 1.82) is 0 Å². The molecule has 1 aromatic heterocycles. The predicted octanol–water partition coefficient (Wildman–Crippen LogP) is 3.21. The van der Waals surface area contributed by atoms with Gasteiger partial charge < -0.3 is 9.47 Å². The van der Waals surface area contributed by atoms with Crippen LogP contribution in [-0.4, -0.2) is 29.0 Å². The molecule has 0 saturated heterocycles. The summed E-state index contributed by atoms with van der Waals surface area (Å²) in [5, 5.41) is 7.12. The van der Waals surface area contributed by atoms with Crippen LogP contribution < -0.4 is 9.47 Å². The monoisotopic (exact) mass is 279 g/mol. The second-order valence-electron chi connectivity index (χ2n) is 4.42. The van der Waals surface area contributed by atoms with Gasteiger partial charge in [-0.05, 0) is 38.2 Å². The Kier molecular flexibility index (Phi) is 3.90. The number of hydrogen-bond acceptors (Lipinski definition) is 4. The lowest BCUT2D eigenvalue weighted by Gasteiger charge is -2.12. The molecule has 0 aliphatic heterocycles. The normalized spacial score (nSPS) is 10.8. The molecule has 0 radical (unpaired) electrons. The second-order valence-corrected chi connectivity index (χ2v) is 4.80. The van der Waals surface area contributed by atoms with Gasteiger partial charge in [0.1, 0.15) is 11.5 Å². The fourth-order valence-electron chi connectivity index (χ4n) is 1.92. The second kappa shape index (κ2) is 5.44. The van der Waals surface area contributed by atoms with Gasteiger partial charge >= 0.3 is 0 Å². The number of nitrogens with one attached hydrogen (secondary N) is 1. The van der Waals surface area contributed by atoms with Crippen molar-refractivity contribution in [1.82, 2.24) is 14.8 Å². The lowest BCUT2D eigenvalue weighted by molar-refractivity contribution is 0.394. The number of benzene rings is 1. The molecule has 0 bridgehead atoms. The SMILES string of the molecule is COc1cc(OC)cc(-c2n[nH]c(=S)n2C(C)C)c1. The van der Waals surface area contributed by atoms with Crippen LogP contribution in [0.2, 0.25) is 0 Å². The molecule has 1 N–H and O–H groups in total. The van der Waals surface area contributed by atoms with Gasteiger partial charge in [0, 0.05) is 17.7 Å². The fraction of sp³-hybridized carbons (Fsp3) is 0.385. The van der Waals surface area contributed by atoms with Gasteiger partial charge in [-0.2, -0.15) is 5.10 Å². The van der Waals surface area contributed by atoms with E-state index < -0.39 is 0 Å². The van der Waals surface area contributed by atoms with E-state index in [0.29, 0.717) is 4.77 Å². The Morgan fingerprint density at radius 1 is 1.16 bits per heavy atom. The molecule has 0 spiro atoms. The van der Waals surface area contributed by atoms with E-state index in [4.69, 9.17) is 21.7 Å². The first-order chi connectivity index (χ1) is 9.06. The molecule has 0 aliphatic carbocycles. The maximum Gasteiger partial charge on any atom is 0.195 e. The van der Waals surface area contributed by atoms with Crippen LogP contribution in [0.5, 0.6) is 11.5 Å². The Labute approximate surface area is 117 Å². The van der Waals surface area contributed by atoms with Gasteiger partial charge in [-0.1, -0.05) is 0 Å². The molecule has 0 atom stereocenters. The summed E-state index contributed by atoms with van der Waals surface area (Å²) in [7, 11) is 3.25. The van der Waals surface area contributed by atoms with Crippen LogP contribution in [0, 0.1) is 4.77 Å². The average molecular weight is 279 g/mol. The molecule has 0 unspecified atom stereocenters. The maximum atomic E-state index is 5.27. The van der Waals surface area contributed by atoms with Crippen LogP contribution in [0.3, 0.4) is 0 Å². The minimum absolute atomic E-state index is 0.221. The number of methoxy groups -OCH3 is 2. The summed E-state index contributed by atoms with van der Waals surface area (Å²) in [5.41, 5.74) is 0.900. The van der Waals surface area contributed by atoms with Crippen LogP contribution >= 0.6 is 12.2 Å². The Morgan fingerprint density at radius 3 is 2.21 bits per heavy atom. The van der Waals surface area contributed by atoms with Gasteiger partial charge in [-0.15, -0.1) is 0 Å². The van der Waals surface area contributed by atoms with E-state index in [1.54, 1.807) is 14.2 Å². The number of H-pyrrole nitrogens is 1. The summed E-state index contributed by atoms with van der Waals surface area (Å²) < 4.78 is 13.1. The lowest BCUT2D eigenvalue weighted by atomic mass is 10.1. The molecule has 0 aliphatic rings. The van der Waals surface area contributed by atoms with E-state index in [9.17, 15) is 0 Å². The van der Waals surface area contributed by atoms with Crippen LogP contribution in [0.25, 0.3) is 11.4 Å². The Bertz CT molecular complexity index is 609. The highest BCUT2D eigenvalue weighted by Crippen LogP contribution is 2.29. The molecule has 0 saturated carbocycles. The van der Waals surface area contributed by atoms with E-state index in [-0.39, 0.29) is 6.04 Å². The minimum Gasteiger partial charge on any atom is -0.497 e. The zero-order valence-electron chi connectivity index (χ0n) is 11.4. The molecular weight excluding hydrogens is 262 g/mol. The first kappa shape index (κ1) is 13.6. The van der Waals surface area contributed by atoms with Crippen LogP contribution in [0.4, 0.5) is 0 Å². The zero-order chi connectivity index (χ0) is 14.0. The lowest BCUT2D eigenvalue weighted by Crippen LogP contribution is -2.03. The van der Waals surface area contributed by atoms with Crippen LogP contribution in [-0.2, 0) is 0 Å². The Balaban J connectivity index is 2.61. The summed E-state index contributed by atoms with van der Waals surface area (Å²) in [5.74, 6) is 2.22. The first-order valence-corrected chi connectivity index (χ1v) is 6.38. The largest absolute Gasteiger partial charge is 0.497 e. The van der Waals surface area contributed by atoms with E-state index in [0.717, 1.165) is 22.9 Å². The molecule has 2 aromatic rings. The number of aromatic amines is 1. The van der Waals surface area contributed by atoms with Crippen molar-refractivity contribution in [3.63, 3.8) is 0 Å². The summed E-state index contributed by atoms with van der Waals surface area (Å²) in [4.78, 5) is 0. The molecule has 1 heterocycles. The van der Waals surface area contributed by atoms with E-state index in [2.05, 4.69) is 24.0 Å². The summed E-state index contributed by atoms with van der Waals surface area (Å²) in [6, 6.07) is 5.86. The third kappa shape index (κ3) is 2.63. The topological polar surface area (TPSA) is 52.1 Å². The van der Waals surface area contributed by atoms with Gasteiger partial charge in [0.25, 0.3) is 0 Å². The summed E-state index contributed by atoms with van der Waals surface area (Å²) in [6.07, 6.45) is 0. The first-order valence-electron chi connectivity index (χ1n) is 5.97. The van der Waals surface area contributed by atoms with E-state index >= 15 is 0 Å². The van der Waals surface area contributed by atoms with Crippen molar-refractivity contribution in [2.24, 2.45) is 0 Å². The van der Waals surface area contributed by atoms with Gasteiger partial charge in [0.15, 0.2) is 10.6 Å². The van der Waals surface area contributed by atoms with Gasteiger partial charge in [-0.3, -0.25) is 9.67 Å². The zero-order valence-corrected chi connectivity index (χ0v) is 12.2. The number of nitrogens with zero attached hydrogens (tertiary/aromatic N) is 2. The fourth-order valence-corrected chi connectivity index (χ4v) is 2.27. The third-order valence-corrected chi connectivity index (χ3v) is 3.12. The molecule has 102 valence electrons. The number of ether oxygens (including phenoxy) is 2. The van der Waals surface area contributed by atoms with Crippen LogP contribution in [0.1, 0.15) is 19.9 Å². The van der Waals surface area contributed by atoms with Crippen molar-refractivity contribution in [2.45, 2.75) is 19.9 Å². The quantitative estimate of drug-likeness (QED) is 0.873. The molecule has 0 fully saturated rings. The minimum atomic E-state index is 0.221. The summed E-state index contributed by atoms with van der Waals surface area (Å²) >= 11 is 5.25. The smallest absolute Gasteiger partial charge is 0.195 e. The molecular formula is C13H17N3O2S. The summed E-state index contributed by atoms with van der Waals surface area (Å²) in [6.45, 7) is 4.12. The van der Waals surface area contributed by atoms with Crippen molar-refractivity contribution in [3.8, 4) is 22.9 Å². The molecule has 2 rings (SSSR count). The molecule has 19 heavy (non-hydrogen) atoms. The third-order valence-electron chi connectivity index (χ3n) is 2.83. The van der Waals surface area contributed by atoms with E-state index in [1.807, 2.05) is 22.8 Å². The highest BCUT2D eigenvalue weighted by atomic mass is 32.1. The van der Waals surface area contributed by atoms with Crippen molar-refractivity contribution >= 4 is 12.2 Å². The highest BCUT2D eigenvalue weighted by molar-refractivity contribution is 7.71. The predicted molar refractivity (Wildman–Crippen MR) is 76.3 cm³/mol. The molecule has 6 heteroatoms. The standard InChI is InChI=1S/C13H17N3O2S/c1-8(2)16-12(14-15-13(16)19)9-5-10(17-3)7-11(6-9)18-4/h5-8H,1-4H3,(H,15,19). The van der Waals surface area contributed by atoms with Crippen molar-refractivity contribution < 1.29 is 9.47 Å². The van der Waals surface area contributed by atoms with Gasteiger partial charge in [0.05, 0.1) is 14.2 Å². The van der Waals surface area contributed by atoms with Crippen LogP contribution in [0.15, 0.2) is 18.2 Å². The molecule has 1 aromatic carbocycles. The van der Waals surface area contributed by atoms with Gasteiger partial charge in [-0.25, -0.2) is 0 Å². The molecule has 5 nitrogen and oxygen atoms in total. The maximum absolute atomic E-state index is 5.27. The molecule has 0 amide bonds. The van der Waals surface area contributed by atoms with Gasteiger partial charge in [0.2, 0.25) is 0 Å². The van der Waals surface area contributed by atoms with Crippen molar-refractivity contribution in [3.05, 3.63) is 23.0 Å². The number of rotatable bonds is 4. The highest BCUT2D eigenvalue weighted by Gasteiger charge is 2.13. The Morgan fingerprint density at radius 2 is 1.74 bits per heavy atom. The average Bonchev–Trinajstić information content (AvgIpc) is 2.80.